The van der Waals surface area contributed by atoms with Crippen molar-refractivity contribution in [3.05, 3.63) is 54.1 Å². The first-order valence-corrected chi connectivity index (χ1v) is 9.01. The number of halogens is 2. The SMILES string of the molecule is CCn1cc(Cn2cc(NC(=S)Nc3cc(C)ccc3OC(F)F)cn2)cn1. The van der Waals surface area contributed by atoms with E-state index in [9.17, 15) is 8.78 Å². The minimum atomic E-state index is -2.92. The number of rotatable bonds is 7. The number of nitrogens with zero attached hydrogens (tertiary/aromatic N) is 4. The number of hydrogen-bond donors (Lipinski definition) is 2. The van der Waals surface area contributed by atoms with Crippen LogP contribution in [0.4, 0.5) is 20.2 Å². The number of thiocarbonyl (C=S) groups is 1. The predicted molar refractivity (Wildman–Crippen MR) is 107 cm³/mol. The Morgan fingerprint density at radius 1 is 1.18 bits per heavy atom. The number of hydrogen-bond acceptors (Lipinski definition) is 4. The van der Waals surface area contributed by atoms with E-state index >= 15 is 0 Å². The van der Waals surface area contributed by atoms with E-state index in [-0.39, 0.29) is 10.9 Å². The lowest BCUT2D eigenvalue weighted by Crippen LogP contribution is -2.19. The Bertz CT molecular complexity index is 955. The molecule has 10 heteroatoms. The molecule has 2 heterocycles. The van der Waals surface area contributed by atoms with Crippen molar-refractivity contribution in [2.45, 2.75) is 33.5 Å². The van der Waals surface area contributed by atoms with Crippen molar-refractivity contribution >= 4 is 28.7 Å². The molecule has 0 bridgehead atoms. The van der Waals surface area contributed by atoms with Crippen LogP contribution in [0.3, 0.4) is 0 Å². The van der Waals surface area contributed by atoms with Gasteiger partial charge >= 0.3 is 6.61 Å². The molecule has 0 aliphatic rings. The molecule has 0 saturated heterocycles. The van der Waals surface area contributed by atoms with E-state index < -0.39 is 6.61 Å². The monoisotopic (exact) mass is 406 g/mol. The molecular weight excluding hydrogens is 386 g/mol. The summed E-state index contributed by atoms with van der Waals surface area (Å²) < 4.78 is 33.3. The van der Waals surface area contributed by atoms with Crippen LogP contribution in [0.1, 0.15) is 18.1 Å². The van der Waals surface area contributed by atoms with E-state index in [2.05, 4.69) is 25.6 Å². The van der Waals surface area contributed by atoms with E-state index in [4.69, 9.17) is 12.2 Å². The van der Waals surface area contributed by atoms with Gasteiger partial charge in [-0.2, -0.15) is 19.0 Å². The van der Waals surface area contributed by atoms with E-state index in [1.165, 1.54) is 6.07 Å². The third-order valence-electron chi connectivity index (χ3n) is 3.85. The lowest BCUT2D eigenvalue weighted by Gasteiger charge is -2.14. The van der Waals surface area contributed by atoms with Gasteiger partial charge in [-0.25, -0.2) is 0 Å². The number of alkyl halides is 2. The first-order chi connectivity index (χ1) is 13.4. The molecule has 2 aromatic heterocycles. The molecule has 1 aromatic carbocycles. The number of aryl methyl sites for hydroxylation is 2. The number of benzene rings is 1. The molecule has 3 aromatic rings. The Morgan fingerprint density at radius 2 is 1.96 bits per heavy atom. The summed E-state index contributed by atoms with van der Waals surface area (Å²) in [5, 5.41) is 14.6. The van der Waals surface area contributed by atoms with Gasteiger partial charge in [0, 0.05) is 24.5 Å². The van der Waals surface area contributed by atoms with E-state index in [0.717, 1.165) is 17.7 Å². The van der Waals surface area contributed by atoms with Gasteiger partial charge in [0.05, 0.1) is 30.3 Å². The highest BCUT2D eigenvalue weighted by Gasteiger charge is 2.11. The molecule has 0 atom stereocenters. The Kier molecular flexibility index (Phi) is 6.19. The van der Waals surface area contributed by atoms with Gasteiger partial charge in [-0.15, -0.1) is 0 Å². The quantitative estimate of drug-likeness (QED) is 0.581. The average Bonchev–Trinajstić information content (AvgIpc) is 3.26. The molecule has 3 rings (SSSR count). The third kappa shape index (κ3) is 5.26. The summed E-state index contributed by atoms with van der Waals surface area (Å²) in [5.41, 5.74) is 2.94. The van der Waals surface area contributed by atoms with Gasteiger partial charge < -0.3 is 15.4 Å². The van der Waals surface area contributed by atoms with Gasteiger partial charge in [0.15, 0.2) is 5.11 Å². The summed E-state index contributed by atoms with van der Waals surface area (Å²) in [6.45, 7) is 2.33. The van der Waals surface area contributed by atoms with Crippen LogP contribution >= 0.6 is 12.2 Å². The minimum absolute atomic E-state index is 0.0216. The topological polar surface area (TPSA) is 68.9 Å². The van der Waals surface area contributed by atoms with Crippen LogP contribution in [0.15, 0.2) is 43.0 Å². The molecular formula is C18H20F2N6OS. The molecule has 148 valence electrons. The molecule has 7 nitrogen and oxygen atoms in total. The summed E-state index contributed by atoms with van der Waals surface area (Å²) in [6.07, 6.45) is 7.19. The second kappa shape index (κ2) is 8.79. The van der Waals surface area contributed by atoms with Crippen molar-refractivity contribution in [3.63, 3.8) is 0 Å². The minimum Gasteiger partial charge on any atom is -0.433 e. The van der Waals surface area contributed by atoms with Crippen molar-refractivity contribution in [1.29, 1.82) is 0 Å². The maximum atomic E-state index is 12.6. The van der Waals surface area contributed by atoms with E-state index in [1.54, 1.807) is 35.4 Å². The molecule has 0 aliphatic carbocycles. The van der Waals surface area contributed by atoms with Gasteiger partial charge in [0.25, 0.3) is 0 Å². The number of aromatic nitrogens is 4. The average molecular weight is 406 g/mol. The van der Waals surface area contributed by atoms with Crippen LogP contribution < -0.4 is 15.4 Å². The standard InChI is InChI=1S/C18H20F2N6OS/c1-3-25-9-13(7-21-25)10-26-11-14(8-22-26)23-18(28)24-15-6-12(2)4-5-16(15)27-17(19)20/h4-9,11,17H,3,10H2,1-2H3,(H2,23,24,28). The van der Waals surface area contributed by atoms with Gasteiger partial charge in [0.2, 0.25) is 0 Å². The molecule has 28 heavy (non-hydrogen) atoms. The maximum Gasteiger partial charge on any atom is 0.387 e. The Labute approximate surface area is 166 Å². The molecule has 0 amide bonds. The summed E-state index contributed by atoms with van der Waals surface area (Å²) >= 11 is 5.28. The highest BCUT2D eigenvalue weighted by molar-refractivity contribution is 7.80. The molecule has 0 unspecified atom stereocenters. The van der Waals surface area contributed by atoms with Crippen molar-refractivity contribution in [1.82, 2.24) is 19.6 Å². The van der Waals surface area contributed by atoms with Gasteiger partial charge in [-0.05, 0) is 43.8 Å². The van der Waals surface area contributed by atoms with Crippen LogP contribution in [0, 0.1) is 6.92 Å². The molecule has 2 N–H and O–H groups in total. The fourth-order valence-corrected chi connectivity index (χ4v) is 2.82. The smallest absolute Gasteiger partial charge is 0.387 e. The van der Waals surface area contributed by atoms with Gasteiger partial charge in [-0.1, -0.05) is 6.07 Å². The van der Waals surface area contributed by atoms with Crippen LogP contribution in [0.25, 0.3) is 0 Å². The zero-order valence-corrected chi connectivity index (χ0v) is 16.2. The maximum absolute atomic E-state index is 12.6. The Morgan fingerprint density at radius 3 is 2.68 bits per heavy atom. The summed E-state index contributed by atoms with van der Waals surface area (Å²) in [6, 6.07) is 4.84. The largest absolute Gasteiger partial charge is 0.433 e. The van der Waals surface area contributed by atoms with Crippen molar-refractivity contribution in [3.8, 4) is 5.75 Å². The number of nitrogens with one attached hydrogen (secondary N) is 2. The van der Waals surface area contributed by atoms with Crippen molar-refractivity contribution in [2.75, 3.05) is 10.6 Å². The normalized spacial score (nSPS) is 10.9. The number of anilines is 2. The molecule has 0 aliphatic heterocycles. The van der Waals surface area contributed by atoms with Crippen LogP contribution in [0.5, 0.6) is 5.75 Å². The van der Waals surface area contributed by atoms with Crippen LogP contribution in [-0.2, 0) is 13.1 Å². The second-order valence-corrected chi connectivity index (χ2v) is 6.50. The molecule has 0 spiro atoms. The fourth-order valence-electron chi connectivity index (χ4n) is 2.59. The van der Waals surface area contributed by atoms with E-state index in [1.807, 2.05) is 24.7 Å². The second-order valence-electron chi connectivity index (χ2n) is 6.09. The highest BCUT2D eigenvalue weighted by atomic mass is 32.1. The highest BCUT2D eigenvalue weighted by Crippen LogP contribution is 2.27. The fraction of sp³-hybridized carbons (Fsp3) is 0.278. The zero-order valence-electron chi connectivity index (χ0n) is 15.4. The van der Waals surface area contributed by atoms with Crippen molar-refractivity contribution < 1.29 is 13.5 Å². The van der Waals surface area contributed by atoms with Crippen LogP contribution in [-0.4, -0.2) is 31.3 Å². The predicted octanol–water partition coefficient (Wildman–Crippen LogP) is 3.87. The number of ether oxygens (including phenoxy) is 1. The first-order valence-electron chi connectivity index (χ1n) is 8.60. The van der Waals surface area contributed by atoms with Gasteiger partial charge in [-0.3, -0.25) is 9.36 Å². The Balaban J connectivity index is 1.62. The van der Waals surface area contributed by atoms with Crippen molar-refractivity contribution in [2.24, 2.45) is 0 Å². The first kappa shape index (κ1) is 19.7. The molecule has 0 saturated carbocycles. The summed E-state index contributed by atoms with van der Waals surface area (Å²) in [5.74, 6) is 0.0216. The van der Waals surface area contributed by atoms with Crippen LogP contribution in [0.2, 0.25) is 0 Å². The Hall–Kier alpha value is -3.01. The molecule has 0 fully saturated rings. The lowest BCUT2D eigenvalue weighted by atomic mass is 10.2. The van der Waals surface area contributed by atoms with Gasteiger partial charge in [0.1, 0.15) is 5.75 Å². The lowest BCUT2D eigenvalue weighted by molar-refractivity contribution is -0.0493. The zero-order chi connectivity index (χ0) is 20.1. The summed E-state index contributed by atoms with van der Waals surface area (Å²) in [4.78, 5) is 0. The molecule has 0 radical (unpaired) electrons. The van der Waals surface area contributed by atoms with E-state index in [0.29, 0.717) is 17.9 Å². The third-order valence-corrected chi connectivity index (χ3v) is 4.05. The summed E-state index contributed by atoms with van der Waals surface area (Å²) in [7, 11) is 0.